The SMILES string of the molecule is COc1cccc(F)c1C(=O)N1CCC(CO)C1. The van der Waals surface area contributed by atoms with E-state index in [0.717, 1.165) is 6.42 Å². The fourth-order valence-corrected chi connectivity index (χ4v) is 2.21. The molecule has 1 N–H and O–H groups in total. The summed E-state index contributed by atoms with van der Waals surface area (Å²) in [7, 11) is 1.41. The molecule has 98 valence electrons. The van der Waals surface area contributed by atoms with Gasteiger partial charge in [0.2, 0.25) is 0 Å². The largest absolute Gasteiger partial charge is 0.496 e. The van der Waals surface area contributed by atoms with Gasteiger partial charge in [-0.3, -0.25) is 4.79 Å². The fourth-order valence-electron chi connectivity index (χ4n) is 2.21. The minimum atomic E-state index is -0.577. The Bertz CT molecular complexity index is 450. The number of carbonyl (C=O) groups is 1. The van der Waals surface area contributed by atoms with Gasteiger partial charge in [0.1, 0.15) is 17.1 Å². The van der Waals surface area contributed by atoms with Gasteiger partial charge in [-0.25, -0.2) is 4.39 Å². The number of ether oxygens (including phenoxy) is 1. The highest BCUT2D eigenvalue weighted by Crippen LogP contribution is 2.25. The first-order valence-corrected chi connectivity index (χ1v) is 5.90. The number of rotatable bonds is 3. The molecule has 5 heteroatoms. The number of aliphatic hydroxyl groups excluding tert-OH is 1. The van der Waals surface area contributed by atoms with E-state index in [9.17, 15) is 9.18 Å². The Morgan fingerprint density at radius 3 is 3.00 bits per heavy atom. The van der Waals surface area contributed by atoms with E-state index >= 15 is 0 Å². The smallest absolute Gasteiger partial charge is 0.260 e. The molecular weight excluding hydrogens is 237 g/mol. The number of benzene rings is 1. The summed E-state index contributed by atoms with van der Waals surface area (Å²) in [6.45, 7) is 1.06. The van der Waals surface area contributed by atoms with E-state index in [1.54, 1.807) is 11.0 Å². The predicted molar refractivity (Wildman–Crippen MR) is 64.0 cm³/mol. The summed E-state index contributed by atoms with van der Waals surface area (Å²) in [5.74, 6) is -0.619. The van der Waals surface area contributed by atoms with Crippen molar-refractivity contribution in [2.45, 2.75) is 6.42 Å². The lowest BCUT2D eigenvalue weighted by Gasteiger charge is -2.18. The second-order valence-corrected chi connectivity index (χ2v) is 4.41. The normalized spacial score (nSPS) is 19.1. The fraction of sp³-hybridized carbons (Fsp3) is 0.462. The van der Waals surface area contributed by atoms with Crippen molar-refractivity contribution in [1.29, 1.82) is 0 Å². The van der Waals surface area contributed by atoms with Crippen molar-refractivity contribution >= 4 is 5.91 Å². The summed E-state index contributed by atoms with van der Waals surface area (Å²) in [5, 5.41) is 9.05. The summed E-state index contributed by atoms with van der Waals surface area (Å²) < 4.78 is 18.8. The molecular formula is C13H16FNO3. The molecule has 0 spiro atoms. The third-order valence-electron chi connectivity index (χ3n) is 3.24. The number of carbonyl (C=O) groups excluding carboxylic acids is 1. The minimum absolute atomic E-state index is 0.0291. The standard InChI is InChI=1S/C13H16FNO3/c1-18-11-4-2-3-10(14)12(11)13(17)15-6-5-9(7-15)8-16/h2-4,9,16H,5-8H2,1H3. The molecule has 0 radical (unpaired) electrons. The van der Waals surface area contributed by atoms with Crippen molar-refractivity contribution in [1.82, 2.24) is 4.90 Å². The molecule has 0 aromatic heterocycles. The van der Waals surface area contributed by atoms with Crippen molar-refractivity contribution in [3.8, 4) is 5.75 Å². The molecule has 18 heavy (non-hydrogen) atoms. The van der Waals surface area contributed by atoms with Crippen molar-refractivity contribution in [3.05, 3.63) is 29.6 Å². The average Bonchev–Trinajstić information content (AvgIpc) is 2.86. The van der Waals surface area contributed by atoms with Crippen LogP contribution in [0.25, 0.3) is 0 Å². The van der Waals surface area contributed by atoms with E-state index in [4.69, 9.17) is 9.84 Å². The maximum Gasteiger partial charge on any atom is 0.260 e. The van der Waals surface area contributed by atoms with Crippen molar-refractivity contribution in [2.24, 2.45) is 5.92 Å². The lowest BCUT2D eigenvalue weighted by Crippen LogP contribution is -2.30. The Hall–Kier alpha value is -1.62. The highest BCUT2D eigenvalue weighted by Gasteiger charge is 2.29. The van der Waals surface area contributed by atoms with Crippen LogP contribution in [0.2, 0.25) is 0 Å². The highest BCUT2D eigenvalue weighted by molar-refractivity contribution is 5.97. The summed E-state index contributed by atoms with van der Waals surface area (Å²) in [6.07, 6.45) is 0.749. The van der Waals surface area contributed by atoms with Crippen molar-refractivity contribution in [2.75, 3.05) is 26.8 Å². The molecule has 1 heterocycles. The van der Waals surface area contributed by atoms with Crippen LogP contribution in [-0.2, 0) is 0 Å². The molecule has 1 aliphatic rings. The second kappa shape index (κ2) is 5.35. The Kier molecular flexibility index (Phi) is 3.81. The van der Waals surface area contributed by atoms with Gasteiger partial charge < -0.3 is 14.7 Å². The summed E-state index contributed by atoms with van der Waals surface area (Å²) in [6, 6.07) is 4.32. The topological polar surface area (TPSA) is 49.8 Å². The van der Waals surface area contributed by atoms with E-state index in [2.05, 4.69) is 0 Å². The van der Waals surface area contributed by atoms with Crippen molar-refractivity contribution in [3.63, 3.8) is 0 Å². The van der Waals surface area contributed by atoms with Gasteiger partial charge >= 0.3 is 0 Å². The maximum absolute atomic E-state index is 13.7. The zero-order valence-corrected chi connectivity index (χ0v) is 10.2. The lowest BCUT2D eigenvalue weighted by atomic mass is 10.1. The van der Waals surface area contributed by atoms with Crippen molar-refractivity contribution < 1.29 is 19.0 Å². The number of nitrogens with zero attached hydrogens (tertiary/aromatic N) is 1. The highest BCUT2D eigenvalue weighted by atomic mass is 19.1. The molecule has 1 unspecified atom stereocenters. The third-order valence-corrected chi connectivity index (χ3v) is 3.24. The van der Waals surface area contributed by atoms with Crippen LogP contribution in [0, 0.1) is 11.7 Å². The van der Waals surface area contributed by atoms with Crippen LogP contribution in [0.3, 0.4) is 0 Å². The molecule has 1 saturated heterocycles. The number of amides is 1. The van der Waals surface area contributed by atoms with Crippen LogP contribution in [-0.4, -0.2) is 42.7 Å². The van der Waals surface area contributed by atoms with E-state index < -0.39 is 5.82 Å². The first kappa shape index (κ1) is 12.8. The Balaban J connectivity index is 2.24. The van der Waals surface area contributed by atoms with Gasteiger partial charge in [0.15, 0.2) is 0 Å². The summed E-state index contributed by atoms with van der Waals surface area (Å²) in [4.78, 5) is 13.8. The molecule has 2 rings (SSSR count). The third kappa shape index (κ3) is 2.31. The van der Waals surface area contributed by atoms with Gasteiger partial charge in [0, 0.05) is 25.6 Å². The number of halogens is 1. The Morgan fingerprint density at radius 2 is 2.39 bits per heavy atom. The van der Waals surface area contributed by atoms with E-state index in [-0.39, 0.29) is 29.7 Å². The van der Waals surface area contributed by atoms with E-state index in [1.165, 1.54) is 19.2 Å². The number of hydrogen-bond donors (Lipinski definition) is 1. The van der Waals surface area contributed by atoms with Crippen LogP contribution in [0.4, 0.5) is 4.39 Å². The molecule has 4 nitrogen and oxygen atoms in total. The second-order valence-electron chi connectivity index (χ2n) is 4.41. The van der Waals surface area contributed by atoms with Crippen LogP contribution in [0.5, 0.6) is 5.75 Å². The molecule has 1 aromatic carbocycles. The van der Waals surface area contributed by atoms with Gasteiger partial charge in [0.05, 0.1) is 7.11 Å². The minimum Gasteiger partial charge on any atom is -0.496 e. The average molecular weight is 253 g/mol. The van der Waals surface area contributed by atoms with Gasteiger partial charge in [-0.2, -0.15) is 0 Å². The zero-order valence-electron chi connectivity index (χ0n) is 10.2. The molecule has 0 bridgehead atoms. The summed E-state index contributed by atoms with van der Waals surface area (Å²) in [5.41, 5.74) is -0.0291. The lowest BCUT2D eigenvalue weighted by molar-refractivity contribution is 0.0773. The molecule has 1 aliphatic heterocycles. The maximum atomic E-state index is 13.7. The number of hydrogen-bond acceptors (Lipinski definition) is 3. The van der Waals surface area contributed by atoms with E-state index in [1.807, 2.05) is 0 Å². The van der Waals surface area contributed by atoms with Crippen LogP contribution < -0.4 is 4.74 Å². The Morgan fingerprint density at radius 1 is 1.61 bits per heavy atom. The predicted octanol–water partition coefficient (Wildman–Crippen LogP) is 1.29. The molecule has 1 amide bonds. The first-order valence-electron chi connectivity index (χ1n) is 5.90. The summed E-state index contributed by atoms with van der Waals surface area (Å²) >= 11 is 0. The van der Waals surface area contributed by atoms with Gasteiger partial charge in [0.25, 0.3) is 5.91 Å². The van der Waals surface area contributed by atoms with Crippen LogP contribution in [0.15, 0.2) is 18.2 Å². The monoisotopic (exact) mass is 253 g/mol. The molecule has 0 saturated carbocycles. The van der Waals surface area contributed by atoms with E-state index in [0.29, 0.717) is 13.1 Å². The number of aliphatic hydroxyl groups is 1. The van der Waals surface area contributed by atoms with Gasteiger partial charge in [-0.15, -0.1) is 0 Å². The number of likely N-dealkylation sites (tertiary alicyclic amines) is 1. The first-order chi connectivity index (χ1) is 8.67. The molecule has 0 aliphatic carbocycles. The van der Waals surface area contributed by atoms with Crippen LogP contribution >= 0.6 is 0 Å². The zero-order chi connectivity index (χ0) is 13.1. The molecule has 1 atom stereocenters. The molecule has 1 fully saturated rings. The number of methoxy groups -OCH3 is 1. The van der Waals surface area contributed by atoms with Crippen LogP contribution in [0.1, 0.15) is 16.8 Å². The van der Waals surface area contributed by atoms with Gasteiger partial charge in [-0.1, -0.05) is 6.07 Å². The Labute approximate surface area is 105 Å². The van der Waals surface area contributed by atoms with Gasteiger partial charge in [-0.05, 0) is 18.6 Å². The molecule has 1 aromatic rings. The quantitative estimate of drug-likeness (QED) is 0.883.